The minimum atomic E-state index is -0.404. The highest BCUT2D eigenvalue weighted by Crippen LogP contribution is 2.33. The zero-order valence-electron chi connectivity index (χ0n) is 9.52. The number of aromatic nitrogens is 1. The van der Waals surface area contributed by atoms with E-state index in [1.54, 1.807) is 5.38 Å². The Bertz CT molecular complexity index is 583. The third-order valence-corrected chi connectivity index (χ3v) is 4.30. The Morgan fingerprint density at radius 3 is 2.74 bits per heavy atom. The SMILES string of the molecule is NNC(=O)c1nc(COc2c(Br)cccc2Br)cs1. The van der Waals surface area contributed by atoms with Gasteiger partial charge in [0.2, 0.25) is 0 Å². The lowest BCUT2D eigenvalue weighted by atomic mass is 10.3. The number of amides is 1. The highest BCUT2D eigenvalue weighted by molar-refractivity contribution is 9.11. The van der Waals surface area contributed by atoms with Crippen molar-refractivity contribution in [1.29, 1.82) is 0 Å². The van der Waals surface area contributed by atoms with Crippen LogP contribution in [-0.4, -0.2) is 10.9 Å². The molecule has 2 rings (SSSR count). The summed E-state index contributed by atoms with van der Waals surface area (Å²) in [6.07, 6.45) is 0. The summed E-state index contributed by atoms with van der Waals surface area (Å²) >= 11 is 8.03. The molecule has 0 atom stereocenters. The molecule has 0 aliphatic carbocycles. The molecule has 0 spiro atoms. The second kappa shape index (κ2) is 6.47. The number of halogens is 2. The van der Waals surface area contributed by atoms with E-state index in [0.717, 1.165) is 8.95 Å². The maximum Gasteiger partial charge on any atom is 0.294 e. The Labute approximate surface area is 130 Å². The molecule has 3 N–H and O–H groups in total. The number of hydrogen-bond acceptors (Lipinski definition) is 5. The minimum absolute atomic E-state index is 0.273. The van der Waals surface area contributed by atoms with E-state index >= 15 is 0 Å². The molecule has 1 amide bonds. The molecule has 0 saturated heterocycles. The molecule has 1 aromatic carbocycles. The van der Waals surface area contributed by atoms with Gasteiger partial charge in [-0.05, 0) is 44.0 Å². The lowest BCUT2D eigenvalue weighted by Crippen LogP contribution is -2.29. The van der Waals surface area contributed by atoms with Gasteiger partial charge in [-0.2, -0.15) is 0 Å². The first-order valence-corrected chi connectivity index (χ1v) is 7.60. The summed E-state index contributed by atoms with van der Waals surface area (Å²) in [4.78, 5) is 15.4. The molecule has 5 nitrogen and oxygen atoms in total. The highest BCUT2D eigenvalue weighted by Gasteiger charge is 2.11. The van der Waals surface area contributed by atoms with Crippen molar-refractivity contribution >= 4 is 49.1 Å². The molecule has 1 heterocycles. The molecule has 0 saturated carbocycles. The van der Waals surface area contributed by atoms with Crippen molar-refractivity contribution in [2.45, 2.75) is 6.61 Å². The number of carbonyl (C=O) groups is 1. The largest absolute Gasteiger partial charge is 0.485 e. The van der Waals surface area contributed by atoms with Crippen LogP contribution in [0.25, 0.3) is 0 Å². The molecule has 100 valence electrons. The van der Waals surface area contributed by atoms with Gasteiger partial charge < -0.3 is 4.74 Å². The van der Waals surface area contributed by atoms with E-state index in [-0.39, 0.29) is 6.61 Å². The van der Waals surface area contributed by atoms with Gasteiger partial charge >= 0.3 is 0 Å². The maximum absolute atomic E-state index is 11.3. The van der Waals surface area contributed by atoms with Crippen molar-refractivity contribution in [3.8, 4) is 5.75 Å². The van der Waals surface area contributed by atoms with Gasteiger partial charge in [-0.1, -0.05) is 6.07 Å². The number of hydrazine groups is 1. The molecule has 0 fully saturated rings. The van der Waals surface area contributed by atoms with Crippen molar-refractivity contribution in [1.82, 2.24) is 10.4 Å². The number of nitrogen functional groups attached to an aromatic ring is 1. The second-order valence-electron chi connectivity index (χ2n) is 3.46. The molecule has 1 aromatic heterocycles. The van der Waals surface area contributed by atoms with E-state index < -0.39 is 5.91 Å². The van der Waals surface area contributed by atoms with Gasteiger partial charge in [-0.3, -0.25) is 10.2 Å². The molecule has 0 radical (unpaired) electrons. The lowest BCUT2D eigenvalue weighted by Gasteiger charge is -2.08. The van der Waals surface area contributed by atoms with Crippen LogP contribution in [0.4, 0.5) is 0 Å². The summed E-state index contributed by atoms with van der Waals surface area (Å²) in [6.45, 7) is 0.273. The van der Waals surface area contributed by atoms with Crippen molar-refractivity contribution in [2.75, 3.05) is 0 Å². The number of benzene rings is 1. The molecule has 0 aliphatic rings. The number of hydrogen-bond donors (Lipinski definition) is 2. The average Bonchev–Trinajstić information content (AvgIpc) is 2.86. The Balaban J connectivity index is 2.07. The van der Waals surface area contributed by atoms with E-state index in [0.29, 0.717) is 16.5 Å². The van der Waals surface area contributed by atoms with Crippen molar-refractivity contribution < 1.29 is 9.53 Å². The fourth-order valence-electron chi connectivity index (χ4n) is 1.31. The normalized spacial score (nSPS) is 10.3. The van der Waals surface area contributed by atoms with E-state index in [2.05, 4.69) is 36.8 Å². The number of para-hydroxylation sites is 1. The van der Waals surface area contributed by atoms with Crippen molar-refractivity contribution in [3.63, 3.8) is 0 Å². The van der Waals surface area contributed by atoms with E-state index in [1.165, 1.54) is 11.3 Å². The number of nitrogens with two attached hydrogens (primary N) is 1. The van der Waals surface area contributed by atoms with Gasteiger partial charge in [-0.25, -0.2) is 10.8 Å². The Morgan fingerprint density at radius 1 is 1.42 bits per heavy atom. The van der Waals surface area contributed by atoms with Crippen LogP contribution in [0.3, 0.4) is 0 Å². The van der Waals surface area contributed by atoms with E-state index in [1.807, 2.05) is 23.6 Å². The summed E-state index contributed by atoms with van der Waals surface area (Å²) in [6, 6.07) is 5.66. The molecule has 19 heavy (non-hydrogen) atoms. The Morgan fingerprint density at radius 2 is 2.11 bits per heavy atom. The number of carbonyl (C=O) groups excluding carboxylic acids is 1. The number of thiazole rings is 1. The van der Waals surface area contributed by atoms with E-state index in [4.69, 9.17) is 10.6 Å². The highest BCUT2D eigenvalue weighted by atomic mass is 79.9. The van der Waals surface area contributed by atoms with Crippen LogP contribution in [0.15, 0.2) is 32.5 Å². The smallest absolute Gasteiger partial charge is 0.294 e. The van der Waals surface area contributed by atoms with Crippen LogP contribution in [-0.2, 0) is 6.61 Å². The summed E-state index contributed by atoms with van der Waals surface area (Å²) in [5.74, 6) is 5.33. The third kappa shape index (κ3) is 3.53. The van der Waals surface area contributed by atoms with Gasteiger partial charge in [0.15, 0.2) is 5.01 Å². The molecule has 0 aliphatic heterocycles. The molecule has 0 unspecified atom stereocenters. The van der Waals surface area contributed by atoms with Crippen LogP contribution in [0.5, 0.6) is 5.75 Å². The summed E-state index contributed by atoms with van der Waals surface area (Å²) in [5.41, 5.74) is 2.71. The number of ether oxygens (including phenoxy) is 1. The minimum Gasteiger partial charge on any atom is -0.485 e. The van der Waals surface area contributed by atoms with Crippen LogP contribution < -0.4 is 16.0 Å². The Kier molecular flexibility index (Phi) is 4.92. The summed E-state index contributed by atoms with van der Waals surface area (Å²) in [7, 11) is 0. The summed E-state index contributed by atoms with van der Waals surface area (Å²) < 4.78 is 7.36. The predicted octanol–water partition coefficient (Wildman–Crippen LogP) is 2.85. The fourth-order valence-corrected chi connectivity index (χ4v) is 3.24. The van der Waals surface area contributed by atoms with Crippen LogP contribution >= 0.6 is 43.2 Å². The van der Waals surface area contributed by atoms with Crippen LogP contribution in [0, 0.1) is 0 Å². The van der Waals surface area contributed by atoms with Gasteiger partial charge in [-0.15, -0.1) is 11.3 Å². The Hall–Kier alpha value is -0.960. The first-order chi connectivity index (χ1) is 9.11. The predicted molar refractivity (Wildman–Crippen MR) is 79.9 cm³/mol. The first-order valence-electron chi connectivity index (χ1n) is 5.14. The monoisotopic (exact) mass is 405 g/mol. The third-order valence-electron chi connectivity index (χ3n) is 2.16. The number of rotatable bonds is 4. The molecular formula is C11H9Br2N3O2S. The average molecular weight is 407 g/mol. The quantitative estimate of drug-likeness (QED) is 0.465. The summed E-state index contributed by atoms with van der Waals surface area (Å²) in [5, 5.41) is 2.07. The zero-order valence-corrected chi connectivity index (χ0v) is 13.5. The molecular weight excluding hydrogens is 398 g/mol. The first kappa shape index (κ1) is 14.4. The number of nitrogens with zero attached hydrogens (tertiary/aromatic N) is 1. The maximum atomic E-state index is 11.3. The standard InChI is InChI=1S/C11H9Br2N3O2S/c12-7-2-1-3-8(13)9(7)18-4-6-5-19-11(15-6)10(17)16-14/h1-3,5H,4,14H2,(H,16,17). The van der Waals surface area contributed by atoms with Crippen LogP contribution in [0.1, 0.15) is 15.5 Å². The van der Waals surface area contributed by atoms with Gasteiger partial charge in [0, 0.05) is 5.38 Å². The lowest BCUT2D eigenvalue weighted by molar-refractivity contribution is 0.0953. The molecule has 2 aromatic rings. The molecule has 8 heteroatoms. The van der Waals surface area contributed by atoms with Crippen molar-refractivity contribution in [3.05, 3.63) is 43.2 Å². The van der Waals surface area contributed by atoms with Crippen molar-refractivity contribution in [2.24, 2.45) is 5.84 Å². The topological polar surface area (TPSA) is 77.2 Å². The second-order valence-corrected chi connectivity index (χ2v) is 6.02. The van der Waals surface area contributed by atoms with Gasteiger partial charge in [0.05, 0.1) is 14.6 Å². The fraction of sp³-hybridized carbons (Fsp3) is 0.0909. The van der Waals surface area contributed by atoms with Crippen LogP contribution in [0.2, 0.25) is 0 Å². The number of nitrogens with one attached hydrogen (secondary N) is 1. The van der Waals surface area contributed by atoms with Gasteiger partial charge in [0.25, 0.3) is 5.91 Å². The molecule has 0 bridgehead atoms. The van der Waals surface area contributed by atoms with E-state index in [9.17, 15) is 4.79 Å². The van der Waals surface area contributed by atoms with Gasteiger partial charge in [0.1, 0.15) is 12.4 Å². The zero-order chi connectivity index (χ0) is 13.8.